The average Bonchev–Trinajstić information content (AvgIpc) is 3.12. The summed E-state index contributed by atoms with van der Waals surface area (Å²) < 4.78 is 10.1. The van der Waals surface area contributed by atoms with E-state index < -0.39 is 0 Å². The number of rotatable bonds is 6. The summed E-state index contributed by atoms with van der Waals surface area (Å²) in [4.78, 5) is 22.8. The first kappa shape index (κ1) is 24.0. The number of carbonyl (C=O) groups is 2. The van der Waals surface area contributed by atoms with Crippen LogP contribution in [-0.4, -0.2) is 24.6 Å². The molecule has 0 saturated heterocycles. The first-order chi connectivity index (χ1) is 12.5. The number of fused-ring (bicyclic) bond motifs is 2. The number of carbonyl (C=O) groups excluding carboxylic acids is 2. The molecule has 0 aliphatic heterocycles. The fraction of sp³-hybridized carbons (Fsp3) is 0.913. The van der Waals surface area contributed by atoms with E-state index in [9.17, 15) is 9.59 Å². The average molecular weight is 383 g/mol. The Morgan fingerprint density at radius 2 is 1.70 bits per heavy atom. The molecule has 0 aromatic rings. The van der Waals surface area contributed by atoms with Gasteiger partial charge in [0.25, 0.3) is 0 Å². The van der Waals surface area contributed by atoms with Gasteiger partial charge in [0.05, 0.1) is 13.0 Å². The molecular weight excluding hydrogens is 340 g/mol. The van der Waals surface area contributed by atoms with Gasteiger partial charge in [-0.25, -0.2) is 0 Å². The summed E-state index contributed by atoms with van der Waals surface area (Å²) >= 11 is 0. The van der Waals surface area contributed by atoms with Crippen LogP contribution in [0.2, 0.25) is 0 Å². The molecule has 0 N–H and O–H groups in total. The molecule has 4 nitrogen and oxygen atoms in total. The number of ether oxygens (including phenoxy) is 2. The molecule has 0 amide bonds. The van der Waals surface area contributed by atoms with Crippen LogP contribution >= 0.6 is 0 Å². The van der Waals surface area contributed by atoms with E-state index in [1.165, 1.54) is 26.4 Å². The summed E-state index contributed by atoms with van der Waals surface area (Å²) in [6.45, 7) is 14.7. The van der Waals surface area contributed by atoms with E-state index in [-0.39, 0.29) is 23.5 Å². The minimum Gasteiger partial charge on any atom is -0.469 e. The van der Waals surface area contributed by atoms with Gasteiger partial charge in [-0.3, -0.25) is 9.59 Å². The molecule has 2 aliphatic rings. The van der Waals surface area contributed by atoms with Crippen LogP contribution in [0.3, 0.4) is 0 Å². The maximum absolute atomic E-state index is 11.4. The Labute approximate surface area is 166 Å². The van der Waals surface area contributed by atoms with Crippen LogP contribution in [0.4, 0.5) is 0 Å². The van der Waals surface area contributed by atoms with Crippen molar-refractivity contribution in [2.75, 3.05) is 7.11 Å². The Hall–Kier alpha value is -1.06. The van der Waals surface area contributed by atoms with Crippen molar-refractivity contribution in [2.45, 2.75) is 92.6 Å². The van der Waals surface area contributed by atoms with Crippen molar-refractivity contribution in [3.63, 3.8) is 0 Å². The van der Waals surface area contributed by atoms with E-state index in [2.05, 4.69) is 27.7 Å². The largest absolute Gasteiger partial charge is 0.469 e. The van der Waals surface area contributed by atoms with E-state index in [1.807, 2.05) is 20.8 Å². The van der Waals surface area contributed by atoms with Gasteiger partial charge >= 0.3 is 11.9 Å². The molecule has 0 aromatic heterocycles. The molecule has 0 heterocycles. The maximum Gasteiger partial charge on any atom is 0.308 e. The normalized spacial score (nSPS) is 30.3. The van der Waals surface area contributed by atoms with E-state index in [0.29, 0.717) is 24.2 Å². The van der Waals surface area contributed by atoms with E-state index in [1.54, 1.807) is 0 Å². The van der Waals surface area contributed by atoms with Crippen molar-refractivity contribution in [3.05, 3.63) is 0 Å². The van der Waals surface area contributed by atoms with Gasteiger partial charge in [0.2, 0.25) is 0 Å². The predicted octanol–water partition coefficient (Wildman–Crippen LogP) is 5.63. The van der Waals surface area contributed by atoms with Crippen LogP contribution in [-0.2, 0) is 19.1 Å². The summed E-state index contributed by atoms with van der Waals surface area (Å²) in [5.74, 6) is 3.70. The molecule has 2 fully saturated rings. The summed E-state index contributed by atoms with van der Waals surface area (Å²) in [5, 5.41) is 0. The van der Waals surface area contributed by atoms with Gasteiger partial charge in [-0.2, -0.15) is 0 Å². The molecule has 2 saturated carbocycles. The van der Waals surface area contributed by atoms with Gasteiger partial charge in [0.15, 0.2) is 0 Å². The Morgan fingerprint density at radius 1 is 1.07 bits per heavy atom. The third kappa shape index (κ3) is 7.46. The number of methoxy groups -OCH3 is 1. The van der Waals surface area contributed by atoms with Gasteiger partial charge in [-0.1, -0.05) is 40.5 Å². The second-order valence-electron chi connectivity index (χ2n) is 9.76. The van der Waals surface area contributed by atoms with E-state index in [0.717, 1.165) is 24.7 Å². The van der Waals surface area contributed by atoms with Gasteiger partial charge in [-0.15, -0.1) is 0 Å². The number of esters is 2. The molecule has 158 valence electrons. The van der Waals surface area contributed by atoms with Crippen LogP contribution in [0.1, 0.15) is 87.0 Å². The molecule has 6 unspecified atom stereocenters. The molecule has 2 aliphatic carbocycles. The van der Waals surface area contributed by atoms with Crippen molar-refractivity contribution >= 4 is 11.9 Å². The Kier molecular flexibility index (Phi) is 9.30. The van der Waals surface area contributed by atoms with Crippen LogP contribution < -0.4 is 0 Å². The predicted molar refractivity (Wildman–Crippen MR) is 109 cm³/mol. The fourth-order valence-corrected chi connectivity index (χ4v) is 4.76. The van der Waals surface area contributed by atoms with Crippen molar-refractivity contribution < 1.29 is 19.1 Å². The Morgan fingerprint density at radius 3 is 2.15 bits per heavy atom. The second kappa shape index (κ2) is 10.5. The van der Waals surface area contributed by atoms with E-state index in [4.69, 9.17) is 9.47 Å². The lowest BCUT2D eigenvalue weighted by Crippen LogP contribution is -2.30. The first-order valence-corrected chi connectivity index (χ1v) is 10.8. The third-order valence-electron chi connectivity index (χ3n) is 6.44. The van der Waals surface area contributed by atoms with Gasteiger partial charge < -0.3 is 9.47 Å². The zero-order valence-electron chi connectivity index (χ0n) is 18.8. The minimum absolute atomic E-state index is 0.0197. The highest BCUT2D eigenvalue weighted by molar-refractivity contribution is 5.73. The molecule has 2 bridgehead atoms. The molecule has 6 atom stereocenters. The topological polar surface area (TPSA) is 52.6 Å². The summed E-state index contributed by atoms with van der Waals surface area (Å²) in [6.07, 6.45) is 6.21. The van der Waals surface area contributed by atoms with Gasteiger partial charge in [0, 0.05) is 6.42 Å². The quantitative estimate of drug-likeness (QED) is 0.558. The van der Waals surface area contributed by atoms with Crippen LogP contribution in [0, 0.1) is 35.5 Å². The molecule has 0 spiro atoms. The van der Waals surface area contributed by atoms with Crippen molar-refractivity contribution in [1.29, 1.82) is 0 Å². The summed E-state index contributed by atoms with van der Waals surface area (Å²) in [7, 11) is 1.50. The zero-order valence-corrected chi connectivity index (χ0v) is 18.8. The molecule has 2 rings (SSSR count). The molecule has 4 heteroatoms. The Bertz CT molecular complexity index is 477. The lowest BCUT2D eigenvalue weighted by Gasteiger charge is -2.29. The van der Waals surface area contributed by atoms with Crippen LogP contribution in [0.15, 0.2) is 0 Å². The minimum atomic E-state index is -0.342. The third-order valence-corrected chi connectivity index (χ3v) is 6.44. The molecule has 0 aromatic carbocycles. The number of hydrogen-bond acceptors (Lipinski definition) is 4. The Balaban J connectivity index is 0.000000270. The maximum atomic E-state index is 11.4. The lowest BCUT2D eigenvalue weighted by atomic mass is 9.76. The highest BCUT2D eigenvalue weighted by Gasteiger charge is 2.51. The fourth-order valence-electron chi connectivity index (χ4n) is 4.76. The summed E-state index contributed by atoms with van der Waals surface area (Å²) in [6, 6.07) is 0. The second-order valence-corrected chi connectivity index (χ2v) is 9.76. The molecule has 27 heavy (non-hydrogen) atoms. The van der Waals surface area contributed by atoms with Gasteiger partial charge in [-0.05, 0) is 69.6 Å². The molecular formula is C23H42O4. The number of hydrogen-bond donors (Lipinski definition) is 0. The smallest absolute Gasteiger partial charge is 0.308 e. The zero-order chi connectivity index (χ0) is 20.8. The monoisotopic (exact) mass is 382 g/mol. The first-order valence-electron chi connectivity index (χ1n) is 10.8. The summed E-state index contributed by atoms with van der Waals surface area (Å²) in [5.41, 5.74) is -0.342. The standard InChI is InChI=1S/C12H24O2.C11H18O2/c1-6-7-10(2)8-9-11(13)14-12(3,4)5;1-6-7(2)9-4-8(6)5-10(9)11(12)13-3/h10H,6-9H2,1-5H3;6-10H,4-5H2,1-3H3. The SMILES string of the molecule is CCCC(C)CCC(=O)OC(C)(C)C.COC(=O)C1CC2CC1C(C)C2C. The van der Waals surface area contributed by atoms with Crippen molar-refractivity contribution in [3.8, 4) is 0 Å². The van der Waals surface area contributed by atoms with Crippen LogP contribution in [0.25, 0.3) is 0 Å². The highest BCUT2D eigenvalue weighted by atomic mass is 16.6. The molecule has 0 radical (unpaired) electrons. The van der Waals surface area contributed by atoms with Gasteiger partial charge in [0.1, 0.15) is 5.60 Å². The van der Waals surface area contributed by atoms with Crippen molar-refractivity contribution in [1.82, 2.24) is 0 Å². The van der Waals surface area contributed by atoms with Crippen LogP contribution in [0.5, 0.6) is 0 Å². The highest BCUT2D eigenvalue weighted by Crippen LogP contribution is 2.55. The lowest BCUT2D eigenvalue weighted by molar-refractivity contribution is -0.155. The van der Waals surface area contributed by atoms with Crippen molar-refractivity contribution in [2.24, 2.45) is 35.5 Å². The van der Waals surface area contributed by atoms with E-state index >= 15 is 0 Å².